The number of nitrogens with zero attached hydrogens (tertiary/aromatic N) is 2. The molecule has 0 spiro atoms. The van der Waals surface area contributed by atoms with E-state index in [1.807, 2.05) is 48.8 Å². The minimum atomic E-state index is 0.453. The molecule has 0 aliphatic rings. The van der Waals surface area contributed by atoms with Crippen LogP contribution in [0.5, 0.6) is 0 Å². The van der Waals surface area contributed by atoms with Crippen LogP contribution in [0.4, 0.5) is 0 Å². The molecule has 0 saturated carbocycles. The predicted molar refractivity (Wildman–Crippen MR) is 83.6 cm³/mol. The zero-order valence-corrected chi connectivity index (χ0v) is 12.1. The summed E-state index contributed by atoms with van der Waals surface area (Å²) in [6.45, 7) is 0. The molecule has 0 atom stereocenters. The van der Waals surface area contributed by atoms with Crippen molar-refractivity contribution in [2.24, 2.45) is 0 Å². The van der Waals surface area contributed by atoms with Crippen molar-refractivity contribution in [3.63, 3.8) is 0 Å². The molecule has 2 aromatic carbocycles. The zero-order chi connectivity index (χ0) is 13.9. The molecule has 0 N–H and O–H groups in total. The number of benzene rings is 2. The SMILES string of the molecule is ClCc1ccc(-n2cc(-c3ccccc3)cn2)c(Cl)c1. The van der Waals surface area contributed by atoms with Crippen LogP contribution in [0.2, 0.25) is 5.02 Å². The fourth-order valence-electron chi connectivity index (χ4n) is 2.05. The summed E-state index contributed by atoms with van der Waals surface area (Å²) < 4.78 is 1.78. The summed E-state index contributed by atoms with van der Waals surface area (Å²) in [4.78, 5) is 0. The van der Waals surface area contributed by atoms with Crippen LogP contribution in [-0.2, 0) is 5.88 Å². The minimum absolute atomic E-state index is 0.453. The fraction of sp³-hybridized carbons (Fsp3) is 0.0625. The monoisotopic (exact) mass is 302 g/mol. The second kappa shape index (κ2) is 5.70. The summed E-state index contributed by atoms with van der Waals surface area (Å²) in [5.74, 6) is 0.453. The van der Waals surface area contributed by atoms with Gasteiger partial charge >= 0.3 is 0 Å². The van der Waals surface area contributed by atoms with E-state index in [9.17, 15) is 0 Å². The van der Waals surface area contributed by atoms with Crippen LogP contribution < -0.4 is 0 Å². The van der Waals surface area contributed by atoms with Gasteiger partial charge in [-0.3, -0.25) is 0 Å². The van der Waals surface area contributed by atoms with Crippen molar-refractivity contribution in [1.29, 1.82) is 0 Å². The van der Waals surface area contributed by atoms with Crippen molar-refractivity contribution in [2.75, 3.05) is 0 Å². The Kier molecular flexibility index (Phi) is 3.77. The molecule has 0 radical (unpaired) electrons. The molecule has 2 nitrogen and oxygen atoms in total. The molecule has 3 rings (SSSR count). The molecule has 4 heteroatoms. The largest absolute Gasteiger partial charge is 0.239 e. The smallest absolute Gasteiger partial charge is 0.0832 e. The molecule has 1 heterocycles. The summed E-state index contributed by atoms with van der Waals surface area (Å²) >= 11 is 12.1. The Balaban J connectivity index is 1.98. The highest BCUT2D eigenvalue weighted by Gasteiger charge is 2.07. The topological polar surface area (TPSA) is 17.8 Å². The molecular weight excluding hydrogens is 291 g/mol. The molecule has 100 valence electrons. The van der Waals surface area contributed by atoms with Crippen molar-refractivity contribution < 1.29 is 0 Å². The quantitative estimate of drug-likeness (QED) is 0.627. The van der Waals surface area contributed by atoms with Gasteiger partial charge in [-0.1, -0.05) is 48.0 Å². The lowest BCUT2D eigenvalue weighted by Crippen LogP contribution is -1.95. The highest BCUT2D eigenvalue weighted by Crippen LogP contribution is 2.25. The zero-order valence-electron chi connectivity index (χ0n) is 10.6. The summed E-state index contributed by atoms with van der Waals surface area (Å²) in [5.41, 5.74) is 4.04. The van der Waals surface area contributed by atoms with E-state index < -0.39 is 0 Å². The number of aromatic nitrogens is 2. The lowest BCUT2D eigenvalue weighted by molar-refractivity contribution is 0.880. The molecule has 0 unspecified atom stereocenters. The number of rotatable bonds is 3. The van der Waals surface area contributed by atoms with Crippen molar-refractivity contribution in [3.8, 4) is 16.8 Å². The highest BCUT2D eigenvalue weighted by atomic mass is 35.5. The van der Waals surface area contributed by atoms with Gasteiger partial charge in [-0.05, 0) is 23.3 Å². The van der Waals surface area contributed by atoms with Gasteiger partial charge in [0, 0.05) is 17.6 Å². The van der Waals surface area contributed by atoms with Gasteiger partial charge in [0.05, 0.1) is 16.9 Å². The maximum atomic E-state index is 6.28. The van der Waals surface area contributed by atoms with Crippen molar-refractivity contribution in [2.45, 2.75) is 5.88 Å². The van der Waals surface area contributed by atoms with E-state index >= 15 is 0 Å². The Morgan fingerprint density at radius 2 is 1.80 bits per heavy atom. The number of alkyl halides is 1. The Hall–Kier alpha value is -1.77. The molecular formula is C16H12Cl2N2. The standard InChI is InChI=1S/C16H12Cl2N2/c17-9-12-6-7-16(15(18)8-12)20-11-14(10-19-20)13-4-2-1-3-5-13/h1-8,10-11H,9H2. The second-order valence-corrected chi connectivity index (χ2v) is 5.13. The van der Waals surface area contributed by atoms with Gasteiger partial charge in [0.2, 0.25) is 0 Å². The van der Waals surface area contributed by atoms with Gasteiger partial charge < -0.3 is 0 Å². The lowest BCUT2D eigenvalue weighted by Gasteiger charge is -2.05. The van der Waals surface area contributed by atoms with Crippen LogP contribution in [0.25, 0.3) is 16.8 Å². The summed E-state index contributed by atoms with van der Waals surface area (Å²) in [7, 11) is 0. The van der Waals surface area contributed by atoms with Crippen molar-refractivity contribution in [3.05, 3.63) is 71.5 Å². The molecule has 0 aliphatic carbocycles. The Morgan fingerprint density at radius 3 is 2.50 bits per heavy atom. The maximum absolute atomic E-state index is 6.28. The molecule has 0 amide bonds. The third-order valence-corrected chi connectivity index (χ3v) is 3.71. The van der Waals surface area contributed by atoms with Gasteiger partial charge in [-0.15, -0.1) is 11.6 Å². The molecule has 1 aromatic heterocycles. The van der Waals surface area contributed by atoms with Crippen LogP contribution in [0.3, 0.4) is 0 Å². The predicted octanol–water partition coefficient (Wildman–Crippen LogP) is 4.93. The third kappa shape index (κ3) is 2.58. The van der Waals surface area contributed by atoms with E-state index in [2.05, 4.69) is 17.2 Å². The van der Waals surface area contributed by atoms with Gasteiger partial charge in [0.1, 0.15) is 0 Å². The normalized spacial score (nSPS) is 10.7. The number of hydrogen-bond acceptors (Lipinski definition) is 1. The van der Waals surface area contributed by atoms with Crippen LogP contribution in [0.1, 0.15) is 5.56 Å². The first-order valence-electron chi connectivity index (χ1n) is 6.23. The summed E-state index contributed by atoms with van der Waals surface area (Å²) in [6, 6.07) is 15.9. The first kappa shape index (κ1) is 13.2. The highest BCUT2D eigenvalue weighted by molar-refractivity contribution is 6.32. The van der Waals surface area contributed by atoms with Gasteiger partial charge in [-0.2, -0.15) is 5.10 Å². The molecule has 20 heavy (non-hydrogen) atoms. The fourth-order valence-corrected chi connectivity index (χ4v) is 2.51. The summed E-state index contributed by atoms with van der Waals surface area (Å²) in [5, 5.41) is 5.02. The van der Waals surface area contributed by atoms with Crippen LogP contribution in [-0.4, -0.2) is 9.78 Å². The van der Waals surface area contributed by atoms with E-state index in [-0.39, 0.29) is 0 Å². The molecule has 3 aromatic rings. The summed E-state index contributed by atoms with van der Waals surface area (Å²) in [6.07, 6.45) is 3.80. The van der Waals surface area contributed by atoms with E-state index in [4.69, 9.17) is 23.2 Å². The first-order chi connectivity index (χ1) is 9.78. The Labute approximate surface area is 127 Å². The second-order valence-electron chi connectivity index (χ2n) is 4.46. The average molecular weight is 303 g/mol. The number of halogens is 2. The van der Waals surface area contributed by atoms with E-state index in [0.29, 0.717) is 10.9 Å². The molecule has 0 bridgehead atoms. The van der Waals surface area contributed by atoms with Gasteiger partial charge in [0.15, 0.2) is 0 Å². The van der Waals surface area contributed by atoms with E-state index in [0.717, 1.165) is 22.4 Å². The number of hydrogen-bond donors (Lipinski definition) is 0. The van der Waals surface area contributed by atoms with Crippen molar-refractivity contribution >= 4 is 23.2 Å². The molecule has 0 saturated heterocycles. The first-order valence-corrected chi connectivity index (χ1v) is 7.14. The maximum Gasteiger partial charge on any atom is 0.0832 e. The van der Waals surface area contributed by atoms with E-state index in [1.54, 1.807) is 4.68 Å². The lowest BCUT2D eigenvalue weighted by atomic mass is 10.1. The van der Waals surface area contributed by atoms with Crippen LogP contribution >= 0.6 is 23.2 Å². The molecule has 0 fully saturated rings. The Bertz CT molecular complexity index is 720. The van der Waals surface area contributed by atoms with Crippen LogP contribution in [0, 0.1) is 0 Å². The van der Waals surface area contributed by atoms with Gasteiger partial charge in [0.25, 0.3) is 0 Å². The third-order valence-electron chi connectivity index (χ3n) is 3.10. The van der Waals surface area contributed by atoms with Crippen molar-refractivity contribution in [1.82, 2.24) is 9.78 Å². The average Bonchev–Trinajstić information content (AvgIpc) is 2.97. The van der Waals surface area contributed by atoms with Crippen LogP contribution in [0.15, 0.2) is 60.9 Å². The van der Waals surface area contributed by atoms with Gasteiger partial charge in [-0.25, -0.2) is 4.68 Å². The minimum Gasteiger partial charge on any atom is -0.239 e. The Morgan fingerprint density at radius 1 is 1.00 bits per heavy atom. The molecule has 0 aliphatic heterocycles. The van der Waals surface area contributed by atoms with E-state index in [1.165, 1.54) is 0 Å².